The van der Waals surface area contributed by atoms with Crippen molar-refractivity contribution < 1.29 is 18.0 Å². The first-order chi connectivity index (χ1) is 11.6. The number of benzene rings is 1. The van der Waals surface area contributed by atoms with Crippen LogP contribution in [0.1, 0.15) is 16.2 Å². The van der Waals surface area contributed by atoms with E-state index in [2.05, 4.69) is 20.6 Å². The molecule has 1 amide bonds. The average molecular weight is 330 g/mol. The van der Waals surface area contributed by atoms with Crippen LogP contribution in [0, 0.1) is 11.6 Å². The van der Waals surface area contributed by atoms with Crippen molar-refractivity contribution in [2.75, 3.05) is 10.6 Å². The SMILES string of the molecule is O=C(Nc1ccc(F)c(F)c1)c1cc(NCc2ccco2)ncn1. The number of hydrogen-bond donors (Lipinski definition) is 2. The lowest BCUT2D eigenvalue weighted by molar-refractivity contribution is 0.102. The van der Waals surface area contributed by atoms with E-state index in [1.54, 1.807) is 18.4 Å². The maximum atomic E-state index is 13.2. The Hall–Kier alpha value is -3.29. The topological polar surface area (TPSA) is 80.0 Å². The molecule has 0 spiro atoms. The van der Waals surface area contributed by atoms with Crippen molar-refractivity contribution >= 4 is 17.4 Å². The van der Waals surface area contributed by atoms with Gasteiger partial charge in [0.25, 0.3) is 5.91 Å². The molecule has 0 saturated heterocycles. The van der Waals surface area contributed by atoms with Gasteiger partial charge < -0.3 is 15.1 Å². The Balaban J connectivity index is 1.68. The van der Waals surface area contributed by atoms with Gasteiger partial charge in [0.1, 0.15) is 23.6 Å². The highest BCUT2D eigenvalue weighted by atomic mass is 19.2. The maximum absolute atomic E-state index is 13.2. The Morgan fingerprint density at radius 2 is 2.00 bits per heavy atom. The van der Waals surface area contributed by atoms with Gasteiger partial charge >= 0.3 is 0 Å². The average Bonchev–Trinajstić information content (AvgIpc) is 3.10. The van der Waals surface area contributed by atoms with E-state index < -0.39 is 17.5 Å². The van der Waals surface area contributed by atoms with Crippen LogP contribution in [0.15, 0.2) is 53.4 Å². The van der Waals surface area contributed by atoms with Gasteiger partial charge in [0.05, 0.1) is 12.8 Å². The van der Waals surface area contributed by atoms with Crippen LogP contribution in [-0.2, 0) is 6.54 Å². The molecular weight excluding hydrogens is 318 g/mol. The Morgan fingerprint density at radius 1 is 1.12 bits per heavy atom. The van der Waals surface area contributed by atoms with Gasteiger partial charge in [0, 0.05) is 17.8 Å². The van der Waals surface area contributed by atoms with Crippen molar-refractivity contribution in [1.29, 1.82) is 0 Å². The number of nitrogens with zero attached hydrogens (tertiary/aromatic N) is 2. The molecule has 2 N–H and O–H groups in total. The zero-order valence-electron chi connectivity index (χ0n) is 12.3. The van der Waals surface area contributed by atoms with Crippen LogP contribution in [-0.4, -0.2) is 15.9 Å². The summed E-state index contributed by atoms with van der Waals surface area (Å²) in [6, 6.07) is 8.08. The van der Waals surface area contributed by atoms with E-state index in [1.165, 1.54) is 18.5 Å². The molecule has 3 rings (SSSR count). The second-order valence-corrected chi connectivity index (χ2v) is 4.80. The molecule has 24 heavy (non-hydrogen) atoms. The molecule has 0 saturated carbocycles. The van der Waals surface area contributed by atoms with Crippen LogP contribution in [0.2, 0.25) is 0 Å². The number of carbonyl (C=O) groups excluding carboxylic acids is 1. The molecule has 2 heterocycles. The minimum absolute atomic E-state index is 0.0803. The fourth-order valence-electron chi connectivity index (χ4n) is 1.94. The van der Waals surface area contributed by atoms with Crippen molar-refractivity contribution in [3.05, 3.63) is 72.1 Å². The largest absolute Gasteiger partial charge is 0.467 e. The lowest BCUT2D eigenvalue weighted by atomic mass is 10.3. The first-order valence-corrected chi connectivity index (χ1v) is 6.96. The molecule has 0 radical (unpaired) electrons. The predicted octanol–water partition coefficient (Wildman–Crippen LogP) is 3.21. The van der Waals surface area contributed by atoms with Gasteiger partial charge in [0.15, 0.2) is 11.6 Å². The number of carbonyl (C=O) groups is 1. The highest BCUT2D eigenvalue weighted by Crippen LogP contribution is 2.14. The second-order valence-electron chi connectivity index (χ2n) is 4.80. The van der Waals surface area contributed by atoms with Crippen LogP contribution in [0.3, 0.4) is 0 Å². The van der Waals surface area contributed by atoms with Crippen LogP contribution in [0.5, 0.6) is 0 Å². The molecule has 0 aliphatic rings. The number of nitrogens with one attached hydrogen (secondary N) is 2. The summed E-state index contributed by atoms with van der Waals surface area (Å²) in [4.78, 5) is 20.0. The van der Waals surface area contributed by atoms with E-state index in [4.69, 9.17) is 4.42 Å². The zero-order valence-corrected chi connectivity index (χ0v) is 12.3. The second kappa shape index (κ2) is 6.86. The molecule has 0 aliphatic carbocycles. The van der Waals surface area contributed by atoms with Crippen molar-refractivity contribution in [3.63, 3.8) is 0 Å². The molecule has 122 valence electrons. The molecule has 2 aromatic heterocycles. The van der Waals surface area contributed by atoms with Crippen LogP contribution in [0.4, 0.5) is 20.3 Å². The summed E-state index contributed by atoms with van der Waals surface area (Å²) in [5.74, 6) is -1.46. The van der Waals surface area contributed by atoms with Gasteiger partial charge in [-0.05, 0) is 24.3 Å². The van der Waals surface area contributed by atoms with Crippen molar-refractivity contribution in [2.24, 2.45) is 0 Å². The van der Waals surface area contributed by atoms with Crippen LogP contribution in [0.25, 0.3) is 0 Å². The Morgan fingerprint density at radius 3 is 2.75 bits per heavy atom. The molecule has 0 aliphatic heterocycles. The summed E-state index contributed by atoms with van der Waals surface area (Å²) < 4.78 is 31.2. The fourth-order valence-corrected chi connectivity index (χ4v) is 1.94. The minimum Gasteiger partial charge on any atom is -0.467 e. The zero-order chi connectivity index (χ0) is 16.9. The first kappa shape index (κ1) is 15.6. The summed E-state index contributed by atoms with van der Waals surface area (Å²) in [6.07, 6.45) is 2.78. The standard InChI is InChI=1S/C16H12F2N4O2/c17-12-4-3-10(6-13(12)18)22-16(23)14-7-15(21-9-20-14)19-8-11-2-1-5-24-11/h1-7,9H,8H2,(H,22,23)(H,19,20,21). The summed E-state index contributed by atoms with van der Waals surface area (Å²) in [6.45, 7) is 0.397. The fraction of sp³-hybridized carbons (Fsp3) is 0.0625. The highest BCUT2D eigenvalue weighted by Gasteiger charge is 2.11. The van der Waals surface area contributed by atoms with Crippen molar-refractivity contribution in [1.82, 2.24) is 9.97 Å². The number of amides is 1. The monoisotopic (exact) mass is 330 g/mol. The number of halogens is 2. The molecule has 3 aromatic rings. The smallest absolute Gasteiger partial charge is 0.274 e. The van der Waals surface area contributed by atoms with Crippen LogP contribution < -0.4 is 10.6 Å². The van der Waals surface area contributed by atoms with Gasteiger partial charge in [-0.15, -0.1) is 0 Å². The first-order valence-electron chi connectivity index (χ1n) is 6.96. The number of anilines is 2. The maximum Gasteiger partial charge on any atom is 0.274 e. The van der Waals surface area contributed by atoms with E-state index in [9.17, 15) is 13.6 Å². The predicted molar refractivity (Wildman–Crippen MR) is 82.4 cm³/mol. The van der Waals surface area contributed by atoms with E-state index in [-0.39, 0.29) is 11.4 Å². The Bertz CT molecular complexity index is 853. The molecule has 0 fully saturated rings. The molecule has 8 heteroatoms. The van der Waals surface area contributed by atoms with Crippen LogP contribution >= 0.6 is 0 Å². The van der Waals surface area contributed by atoms with Crippen molar-refractivity contribution in [2.45, 2.75) is 6.54 Å². The van der Waals surface area contributed by atoms with Gasteiger partial charge in [-0.3, -0.25) is 4.79 Å². The van der Waals surface area contributed by atoms with Gasteiger partial charge in [-0.2, -0.15) is 0 Å². The van der Waals surface area contributed by atoms with E-state index in [0.29, 0.717) is 18.1 Å². The molecule has 0 atom stereocenters. The lowest BCUT2D eigenvalue weighted by Gasteiger charge is -2.07. The van der Waals surface area contributed by atoms with E-state index in [1.807, 2.05) is 0 Å². The number of furan rings is 1. The number of hydrogen-bond acceptors (Lipinski definition) is 5. The third kappa shape index (κ3) is 3.72. The van der Waals surface area contributed by atoms with Gasteiger partial charge in [-0.25, -0.2) is 18.7 Å². The molecule has 1 aromatic carbocycles. The summed E-state index contributed by atoms with van der Waals surface area (Å²) in [7, 11) is 0. The Kier molecular flexibility index (Phi) is 4.46. The molecular formula is C16H12F2N4O2. The Labute approximate surface area is 135 Å². The normalized spacial score (nSPS) is 10.4. The number of aromatic nitrogens is 2. The quantitative estimate of drug-likeness (QED) is 0.751. The van der Waals surface area contributed by atoms with E-state index >= 15 is 0 Å². The third-order valence-corrected chi connectivity index (χ3v) is 3.10. The van der Waals surface area contributed by atoms with Gasteiger partial charge in [0.2, 0.25) is 0 Å². The minimum atomic E-state index is -1.05. The van der Waals surface area contributed by atoms with Crippen molar-refractivity contribution in [3.8, 4) is 0 Å². The summed E-state index contributed by atoms with van der Waals surface area (Å²) in [5.41, 5.74) is 0.208. The van der Waals surface area contributed by atoms with Gasteiger partial charge in [-0.1, -0.05) is 0 Å². The molecule has 0 bridgehead atoms. The molecule has 6 nitrogen and oxygen atoms in total. The third-order valence-electron chi connectivity index (χ3n) is 3.10. The summed E-state index contributed by atoms with van der Waals surface area (Å²) >= 11 is 0. The summed E-state index contributed by atoms with van der Waals surface area (Å²) in [5, 5.41) is 5.43. The molecule has 0 unspecified atom stereocenters. The highest BCUT2D eigenvalue weighted by molar-refractivity contribution is 6.03. The lowest BCUT2D eigenvalue weighted by Crippen LogP contribution is -2.15. The van der Waals surface area contributed by atoms with E-state index in [0.717, 1.165) is 12.1 Å². The number of rotatable bonds is 5.